The number of carbonyl (C=O) groups is 1. The third-order valence-corrected chi connectivity index (χ3v) is 2.01. The average Bonchev–Trinajstić information content (AvgIpc) is 2.18. The van der Waals surface area contributed by atoms with Gasteiger partial charge < -0.3 is 0 Å². The third-order valence-electron chi connectivity index (χ3n) is 1.47. The van der Waals surface area contributed by atoms with Gasteiger partial charge in [-0.05, 0) is 0 Å². The number of carbonyl (C=O) groups excluding carboxylic acids is 1. The van der Waals surface area contributed by atoms with Crippen molar-refractivity contribution in [3.8, 4) is 0 Å². The number of rotatable bonds is 3. The Balaban J connectivity index is 2.74. The van der Waals surface area contributed by atoms with Crippen LogP contribution >= 0.6 is 0 Å². The van der Waals surface area contributed by atoms with Crippen molar-refractivity contribution in [3.63, 3.8) is 0 Å². The number of hydrogen-bond donors (Lipinski definition) is 0. The Kier molecular flexibility index (Phi) is 3.87. The van der Waals surface area contributed by atoms with E-state index >= 15 is 0 Å². The predicted octanol–water partition coefficient (Wildman–Crippen LogP) is 1.32. The van der Waals surface area contributed by atoms with Crippen molar-refractivity contribution in [1.82, 2.24) is 0 Å². The van der Waals surface area contributed by atoms with Crippen LogP contribution in [-0.2, 0) is 25.1 Å². The first-order valence-corrected chi connectivity index (χ1v) is 4.54. The van der Waals surface area contributed by atoms with Crippen LogP contribution in [0.3, 0.4) is 0 Å². The van der Waals surface area contributed by atoms with Crippen molar-refractivity contribution in [3.05, 3.63) is 35.9 Å². The van der Waals surface area contributed by atoms with Crippen LogP contribution < -0.4 is 0 Å². The fraction of sp³-hybridized carbons (Fsp3) is 0.200. The second-order valence-electron chi connectivity index (χ2n) is 2.39. The summed E-state index contributed by atoms with van der Waals surface area (Å²) in [7, 11) is 0. The summed E-state index contributed by atoms with van der Waals surface area (Å²) in [4.78, 5) is 11.2. The molecule has 0 heterocycles. The molecule has 0 spiro atoms. The van der Waals surface area contributed by atoms with Gasteiger partial charge in [0.1, 0.15) is 0 Å². The summed E-state index contributed by atoms with van der Waals surface area (Å²) in [5.74, 6) is -0.353. The first kappa shape index (κ1) is 10.2. The molecule has 3 heteroatoms. The molecule has 0 amide bonds. The molecular formula is C10H10FeO2. The van der Waals surface area contributed by atoms with Crippen LogP contribution in [0.1, 0.15) is 12.5 Å². The molecule has 0 atom stereocenters. The van der Waals surface area contributed by atoms with E-state index in [9.17, 15) is 4.79 Å². The van der Waals surface area contributed by atoms with Crippen molar-refractivity contribution < 1.29 is 25.1 Å². The monoisotopic (exact) mass is 218 g/mol. The van der Waals surface area contributed by atoms with E-state index in [1.54, 1.807) is 6.92 Å². The molecule has 1 rings (SSSR count). The summed E-state index contributed by atoms with van der Waals surface area (Å²) >= 11 is 3.67. The molecule has 0 saturated heterocycles. The summed E-state index contributed by atoms with van der Waals surface area (Å²) < 4.78 is 5.22. The van der Waals surface area contributed by atoms with Crippen molar-refractivity contribution in [2.24, 2.45) is 0 Å². The number of benzene rings is 1. The van der Waals surface area contributed by atoms with E-state index in [0.717, 1.165) is 5.56 Å². The van der Waals surface area contributed by atoms with Crippen LogP contribution in [0, 0.1) is 0 Å². The van der Waals surface area contributed by atoms with Gasteiger partial charge in [-0.1, -0.05) is 0 Å². The maximum atomic E-state index is 11.2. The van der Waals surface area contributed by atoms with Crippen LogP contribution in [0.25, 0.3) is 0 Å². The van der Waals surface area contributed by atoms with E-state index in [1.165, 1.54) is 0 Å². The second kappa shape index (κ2) is 4.95. The minimum atomic E-state index is -0.353. The molecule has 1 aromatic carbocycles. The second-order valence-corrected chi connectivity index (χ2v) is 2.94. The zero-order chi connectivity index (χ0) is 9.68. The third kappa shape index (κ3) is 2.79. The summed E-state index contributed by atoms with van der Waals surface area (Å²) in [6, 6.07) is 9.28. The summed E-state index contributed by atoms with van der Waals surface area (Å²) in [5.41, 5.74) is 0.806. The minimum absolute atomic E-state index is 0.353. The molecule has 0 aliphatic rings. The first-order chi connectivity index (χ1) is 6.25. The SMILES string of the molecule is CCOC(=O)[C](=[Fe])c1ccccc1. The molecule has 0 bridgehead atoms. The standard InChI is InChI=1S/C10H10O2.Fe/c1-2-12-10(11)8-9-6-4-3-5-7-9;/h3-7H,2H2,1H3;. The molecular weight excluding hydrogens is 208 g/mol. The Bertz CT molecular complexity index is 306. The van der Waals surface area contributed by atoms with Crippen LogP contribution in [0.5, 0.6) is 0 Å². The molecule has 0 radical (unpaired) electrons. The average molecular weight is 218 g/mol. The number of ether oxygens (including phenoxy) is 1. The molecule has 0 saturated carbocycles. The quantitative estimate of drug-likeness (QED) is 0.564. The van der Waals surface area contributed by atoms with Gasteiger partial charge in [-0.3, -0.25) is 0 Å². The van der Waals surface area contributed by atoms with Gasteiger partial charge in [0.05, 0.1) is 0 Å². The van der Waals surface area contributed by atoms with Crippen molar-refractivity contribution in [2.45, 2.75) is 6.92 Å². The Morgan fingerprint density at radius 3 is 2.54 bits per heavy atom. The molecule has 0 aliphatic carbocycles. The topological polar surface area (TPSA) is 26.3 Å². The molecule has 0 aliphatic heterocycles. The molecule has 0 aromatic heterocycles. The van der Waals surface area contributed by atoms with Crippen LogP contribution in [0.4, 0.5) is 0 Å². The Labute approximate surface area is 85.3 Å². The van der Waals surface area contributed by atoms with Gasteiger partial charge in [0.15, 0.2) is 0 Å². The summed E-state index contributed by atoms with van der Waals surface area (Å²) in [5, 5.41) is 0. The van der Waals surface area contributed by atoms with Crippen molar-refractivity contribution >= 4 is 10.4 Å². The predicted molar refractivity (Wildman–Crippen MR) is 47.2 cm³/mol. The molecule has 0 fully saturated rings. The Hall–Kier alpha value is -0.921. The van der Waals surface area contributed by atoms with E-state index in [0.29, 0.717) is 11.0 Å². The van der Waals surface area contributed by atoms with Crippen molar-refractivity contribution in [2.75, 3.05) is 6.61 Å². The van der Waals surface area contributed by atoms with E-state index < -0.39 is 0 Å². The number of esters is 1. The number of hydrogen-bond acceptors (Lipinski definition) is 2. The van der Waals surface area contributed by atoms with Gasteiger partial charge in [0.25, 0.3) is 0 Å². The van der Waals surface area contributed by atoms with Gasteiger partial charge in [-0.2, -0.15) is 0 Å². The molecule has 0 unspecified atom stereocenters. The summed E-state index contributed by atoms with van der Waals surface area (Å²) in [6.07, 6.45) is 0. The molecule has 1 aromatic rings. The van der Waals surface area contributed by atoms with Gasteiger partial charge in [-0.25, -0.2) is 0 Å². The van der Waals surface area contributed by atoms with Crippen LogP contribution in [-0.4, -0.2) is 17.0 Å². The molecule has 2 nitrogen and oxygen atoms in total. The van der Waals surface area contributed by atoms with E-state index in [4.69, 9.17) is 4.74 Å². The fourth-order valence-corrected chi connectivity index (χ4v) is 1.15. The fourth-order valence-electron chi connectivity index (χ4n) is 0.891. The Morgan fingerprint density at radius 1 is 1.38 bits per heavy atom. The van der Waals surface area contributed by atoms with E-state index in [-0.39, 0.29) is 5.97 Å². The van der Waals surface area contributed by atoms with Gasteiger partial charge >= 0.3 is 84.9 Å². The first-order valence-electron chi connectivity index (χ1n) is 3.99. The summed E-state index contributed by atoms with van der Waals surface area (Å²) in [6.45, 7) is 2.15. The van der Waals surface area contributed by atoms with Crippen LogP contribution in [0.15, 0.2) is 30.3 Å². The van der Waals surface area contributed by atoms with Crippen LogP contribution in [0.2, 0.25) is 0 Å². The van der Waals surface area contributed by atoms with Gasteiger partial charge in [-0.15, -0.1) is 0 Å². The zero-order valence-corrected chi connectivity index (χ0v) is 8.37. The van der Waals surface area contributed by atoms with E-state index in [1.807, 2.05) is 30.3 Å². The molecule has 70 valence electrons. The van der Waals surface area contributed by atoms with Gasteiger partial charge in [0.2, 0.25) is 0 Å². The zero-order valence-electron chi connectivity index (χ0n) is 7.26. The normalized spacial score (nSPS) is 9.38. The van der Waals surface area contributed by atoms with E-state index in [2.05, 4.69) is 15.6 Å². The van der Waals surface area contributed by atoms with Gasteiger partial charge in [0, 0.05) is 0 Å². The molecule has 0 N–H and O–H groups in total. The molecule has 13 heavy (non-hydrogen) atoms. The Morgan fingerprint density at radius 2 is 2.00 bits per heavy atom. The maximum absolute atomic E-state index is 11.2. The van der Waals surface area contributed by atoms with Crippen molar-refractivity contribution in [1.29, 1.82) is 0 Å².